The van der Waals surface area contributed by atoms with Crippen LogP contribution in [-0.4, -0.2) is 23.9 Å². The molecule has 4 aliphatic rings. The van der Waals surface area contributed by atoms with Gasteiger partial charge in [0.15, 0.2) is 0 Å². The highest BCUT2D eigenvalue weighted by atomic mass is 16.2. The van der Waals surface area contributed by atoms with Crippen LogP contribution in [0.4, 0.5) is 0 Å². The largest absolute Gasteiger partial charge is 0.354 e. The van der Waals surface area contributed by atoms with E-state index in [0.29, 0.717) is 12.8 Å². The molecule has 2 N–H and O–H groups in total. The first-order valence-electron chi connectivity index (χ1n) is 10.9. The third kappa shape index (κ3) is 4.26. The molecule has 148 valence electrons. The topological polar surface area (TPSA) is 58.2 Å². The van der Waals surface area contributed by atoms with Crippen LogP contribution in [-0.2, 0) is 9.59 Å². The maximum Gasteiger partial charge on any atom is 0.220 e. The summed E-state index contributed by atoms with van der Waals surface area (Å²) in [7, 11) is 0. The Labute approximate surface area is 159 Å². The van der Waals surface area contributed by atoms with Crippen molar-refractivity contribution in [1.29, 1.82) is 0 Å². The van der Waals surface area contributed by atoms with Crippen molar-refractivity contribution in [1.82, 2.24) is 10.6 Å². The predicted octanol–water partition coefficient (Wildman–Crippen LogP) is 4.18. The fraction of sp³-hybridized carbons (Fsp3) is 0.909. The lowest BCUT2D eigenvalue weighted by Gasteiger charge is -2.62. The van der Waals surface area contributed by atoms with Crippen molar-refractivity contribution < 1.29 is 9.59 Å². The van der Waals surface area contributed by atoms with Gasteiger partial charge in [0.2, 0.25) is 11.8 Å². The van der Waals surface area contributed by atoms with Gasteiger partial charge < -0.3 is 10.6 Å². The maximum absolute atomic E-state index is 12.6. The van der Waals surface area contributed by atoms with E-state index >= 15 is 0 Å². The van der Waals surface area contributed by atoms with Crippen LogP contribution in [0.5, 0.6) is 0 Å². The summed E-state index contributed by atoms with van der Waals surface area (Å²) < 4.78 is 0. The van der Waals surface area contributed by atoms with Crippen LogP contribution in [0.25, 0.3) is 0 Å². The average Bonchev–Trinajstić information content (AvgIpc) is 2.51. The van der Waals surface area contributed by atoms with E-state index in [1.165, 1.54) is 32.1 Å². The van der Waals surface area contributed by atoms with Gasteiger partial charge in [0, 0.05) is 24.9 Å². The Kier molecular flexibility index (Phi) is 5.69. The van der Waals surface area contributed by atoms with E-state index in [1.54, 1.807) is 0 Å². The van der Waals surface area contributed by atoms with Crippen LogP contribution in [0.15, 0.2) is 0 Å². The van der Waals surface area contributed by atoms with E-state index in [2.05, 4.69) is 38.3 Å². The molecule has 26 heavy (non-hydrogen) atoms. The summed E-state index contributed by atoms with van der Waals surface area (Å²) >= 11 is 0. The lowest BCUT2D eigenvalue weighted by Crippen LogP contribution is -2.54. The van der Waals surface area contributed by atoms with Gasteiger partial charge in [-0.15, -0.1) is 0 Å². The molecule has 0 heterocycles. The molecule has 4 aliphatic carbocycles. The SMILES string of the molecule is CC[C@H](C)NC(=O)CC12CC3CC(C1)CC(CC(=O)N[C@@H](C)CC)(C3)C2. The van der Waals surface area contributed by atoms with Crippen molar-refractivity contribution in [2.24, 2.45) is 22.7 Å². The van der Waals surface area contributed by atoms with Crippen LogP contribution in [0, 0.1) is 22.7 Å². The number of rotatable bonds is 8. The third-order valence-corrected chi connectivity index (χ3v) is 7.41. The number of carbonyl (C=O) groups excluding carboxylic acids is 2. The Bertz CT molecular complexity index is 486. The molecule has 2 atom stereocenters. The molecule has 0 radical (unpaired) electrons. The maximum atomic E-state index is 12.6. The number of nitrogens with one attached hydrogen (secondary N) is 2. The molecule has 0 saturated heterocycles. The Balaban J connectivity index is 1.68. The van der Waals surface area contributed by atoms with Crippen molar-refractivity contribution in [2.75, 3.05) is 0 Å². The molecule has 0 aromatic heterocycles. The minimum absolute atomic E-state index is 0.151. The van der Waals surface area contributed by atoms with Crippen LogP contribution in [0.3, 0.4) is 0 Å². The first kappa shape index (κ1) is 19.7. The van der Waals surface area contributed by atoms with Gasteiger partial charge in [-0.3, -0.25) is 9.59 Å². The van der Waals surface area contributed by atoms with Gasteiger partial charge in [-0.2, -0.15) is 0 Å². The molecule has 4 fully saturated rings. The van der Waals surface area contributed by atoms with E-state index in [4.69, 9.17) is 0 Å². The summed E-state index contributed by atoms with van der Waals surface area (Å²) in [6, 6.07) is 0.512. The van der Waals surface area contributed by atoms with Gasteiger partial charge >= 0.3 is 0 Å². The second kappa shape index (κ2) is 7.52. The molecule has 4 saturated carbocycles. The molecule has 0 aromatic carbocycles. The second-order valence-electron chi connectivity index (χ2n) is 10.1. The number of carbonyl (C=O) groups is 2. The van der Waals surface area contributed by atoms with Crippen molar-refractivity contribution in [3.63, 3.8) is 0 Å². The molecular formula is C22H38N2O2. The summed E-state index contributed by atoms with van der Waals surface area (Å²) in [5.74, 6) is 1.90. The van der Waals surface area contributed by atoms with Crippen molar-refractivity contribution in [3.8, 4) is 0 Å². The first-order chi connectivity index (χ1) is 12.3. The molecule has 4 heteroatoms. The Morgan fingerprint density at radius 2 is 1.23 bits per heavy atom. The number of hydrogen-bond acceptors (Lipinski definition) is 2. The van der Waals surface area contributed by atoms with E-state index in [9.17, 15) is 9.59 Å². The van der Waals surface area contributed by atoms with Gasteiger partial charge in [-0.25, -0.2) is 0 Å². The molecule has 4 nitrogen and oxygen atoms in total. The molecule has 4 rings (SSSR count). The van der Waals surface area contributed by atoms with Gasteiger partial charge in [-0.05, 0) is 87.9 Å². The van der Waals surface area contributed by atoms with Crippen LogP contribution in [0.2, 0.25) is 0 Å². The Morgan fingerprint density at radius 3 is 1.58 bits per heavy atom. The molecule has 0 spiro atoms. The zero-order valence-electron chi connectivity index (χ0n) is 17.2. The fourth-order valence-corrected chi connectivity index (χ4v) is 6.60. The number of hydrogen-bond donors (Lipinski definition) is 2. The average molecular weight is 363 g/mol. The van der Waals surface area contributed by atoms with Gasteiger partial charge in [0.1, 0.15) is 0 Å². The van der Waals surface area contributed by atoms with E-state index in [0.717, 1.165) is 31.1 Å². The highest BCUT2D eigenvalue weighted by Gasteiger charge is 2.58. The molecular weight excluding hydrogens is 324 g/mol. The Morgan fingerprint density at radius 1 is 0.846 bits per heavy atom. The van der Waals surface area contributed by atoms with Crippen LogP contribution >= 0.6 is 0 Å². The standard InChI is InChI=1S/C22H38N2O2/c1-5-15(3)23-19(25)12-21-8-17-7-18(9-21)11-22(10-17,14-21)13-20(26)24-16(4)6-2/h15-18H,5-14H2,1-4H3,(H,23,25)(H,24,26)/t15-,16-,17?,18?,21?,22?/m0/s1. The highest BCUT2D eigenvalue weighted by molar-refractivity contribution is 5.78. The normalized spacial score (nSPS) is 37.2. The summed E-state index contributed by atoms with van der Waals surface area (Å²) in [4.78, 5) is 25.2. The van der Waals surface area contributed by atoms with Gasteiger partial charge in [0.25, 0.3) is 0 Å². The van der Waals surface area contributed by atoms with Crippen molar-refractivity contribution in [3.05, 3.63) is 0 Å². The fourth-order valence-electron chi connectivity index (χ4n) is 6.60. The smallest absolute Gasteiger partial charge is 0.220 e. The quantitative estimate of drug-likeness (QED) is 0.680. The molecule has 0 aliphatic heterocycles. The van der Waals surface area contributed by atoms with Crippen LogP contribution in [0.1, 0.15) is 91.9 Å². The number of amides is 2. The first-order valence-corrected chi connectivity index (χ1v) is 10.9. The molecule has 0 aromatic rings. The van der Waals surface area contributed by atoms with Crippen molar-refractivity contribution in [2.45, 2.75) is 104 Å². The Hall–Kier alpha value is -1.06. The minimum Gasteiger partial charge on any atom is -0.354 e. The lowest BCUT2D eigenvalue weighted by atomic mass is 9.43. The zero-order chi connectivity index (χ0) is 18.9. The van der Waals surface area contributed by atoms with E-state index in [-0.39, 0.29) is 34.7 Å². The van der Waals surface area contributed by atoms with E-state index in [1.807, 2.05) is 0 Å². The van der Waals surface area contributed by atoms with Gasteiger partial charge in [0.05, 0.1) is 0 Å². The van der Waals surface area contributed by atoms with Crippen molar-refractivity contribution >= 4 is 11.8 Å². The third-order valence-electron chi connectivity index (χ3n) is 7.41. The minimum atomic E-state index is 0.151. The highest BCUT2D eigenvalue weighted by Crippen LogP contribution is 2.67. The lowest BCUT2D eigenvalue weighted by molar-refractivity contribution is -0.146. The molecule has 4 bridgehead atoms. The summed E-state index contributed by atoms with van der Waals surface area (Å²) in [6.07, 6.45) is 10.5. The monoisotopic (exact) mass is 362 g/mol. The second-order valence-corrected chi connectivity index (χ2v) is 10.1. The molecule has 2 amide bonds. The van der Waals surface area contributed by atoms with Gasteiger partial charge in [-0.1, -0.05) is 13.8 Å². The zero-order valence-corrected chi connectivity index (χ0v) is 17.2. The molecule has 0 unspecified atom stereocenters. The summed E-state index contributed by atoms with van der Waals surface area (Å²) in [5.41, 5.74) is 0.302. The predicted molar refractivity (Wildman–Crippen MR) is 105 cm³/mol. The van der Waals surface area contributed by atoms with E-state index < -0.39 is 0 Å². The summed E-state index contributed by atoms with van der Waals surface area (Å²) in [5, 5.41) is 6.35. The van der Waals surface area contributed by atoms with Crippen LogP contribution < -0.4 is 10.6 Å². The summed E-state index contributed by atoms with van der Waals surface area (Å²) in [6.45, 7) is 8.39.